The van der Waals surface area contributed by atoms with Crippen LogP contribution in [0.25, 0.3) is 0 Å². The Balaban J connectivity index is 1.63. The molecule has 1 fully saturated rings. The smallest absolute Gasteiger partial charge is 0.322 e. The molecule has 1 atom stereocenters. The molecule has 6 nitrogen and oxygen atoms in total. The predicted molar refractivity (Wildman–Crippen MR) is 96.5 cm³/mol. The van der Waals surface area contributed by atoms with E-state index < -0.39 is 0 Å². The molecule has 1 N–H and O–H groups in total. The lowest BCUT2D eigenvalue weighted by Gasteiger charge is -2.33. The topological polar surface area (TPSA) is 63.7 Å². The van der Waals surface area contributed by atoms with Crippen LogP contribution in [0.5, 0.6) is 11.5 Å². The Kier molecular flexibility index (Phi) is 5.60. The molecule has 3 rings (SSSR count). The normalized spacial score (nSPS) is 17.0. The summed E-state index contributed by atoms with van der Waals surface area (Å²) in [7, 11) is 1.55. The minimum Gasteiger partial charge on any atom is -0.495 e. The van der Waals surface area contributed by atoms with Gasteiger partial charge < -0.3 is 19.7 Å². The predicted octanol–water partition coefficient (Wildman–Crippen LogP) is 3.82. The van der Waals surface area contributed by atoms with E-state index in [4.69, 9.17) is 21.1 Å². The molecule has 0 aliphatic carbocycles. The van der Waals surface area contributed by atoms with Crippen molar-refractivity contribution in [3.05, 3.63) is 47.7 Å². The number of piperidine rings is 1. The Bertz CT molecular complexity index is 727. The van der Waals surface area contributed by atoms with Crippen molar-refractivity contribution in [2.24, 2.45) is 0 Å². The largest absolute Gasteiger partial charge is 0.495 e. The average Bonchev–Trinajstić information content (AvgIpc) is 2.63. The van der Waals surface area contributed by atoms with Gasteiger partial charge in [0.15, 0.2) is 0 Å². The Labute approximate surface area is 151 Å². The van der Waals surface area contributed by atoms with Crippen LogP contribution in [-0.4, -0.2) is 42.2 Å². The molecule has 2 aromatic rings. The van der Waals surface area contributed by atoms with Crippen molar-refractivity contribution in [2.75, 3.05) is 25.5 Å². The number of nitrogens with zero attached hydrogens (tertiary/aromatic N) is 2. The van der Waals surface area contributed by atoms with Gasteiger partial charge >= 0.3 is 6.03 Å². The van der Waals surface area contributed by atoms with E-state index in [1.165, 1.54) is 0 Å². The van der Waals surface area contributed by atoms with Crippen molar-refractivity contribution in [1.82, 2.24) is 9.88 Å². The number of ether oxygens (including phenoxy) is 2. The second-order valence-electron chi connectivity index (χ2n) is 5.79. The van der Waals surface area contributed by atoms with Gasteiger partial charge in [0, 0.05) is 24.0 Å². The highest BCUT2D eigenvalue weighted by atomic mass is 35.5. The number of aromatic nitrogens is 1. The third-order valence-electron chi connectivity index (χ3n) is 4.02. The van der Waals surface area contributed by atoms with Crippen molar-refractivity contribution in [3.8, 4) is 11.5 Å². The van der Waals surface area contributed by atoms with Gasteiger partial charge in [-0.3, -0.25) is 4.98 Å². The average molecular weight is 362 g/mol. The molecule has 0 spiro atoms. The highest BCUT2D eigenvalue weighted by Crippen LogP contribution is 2.28. The number of nitrogens with one attached hydrogen (secondary N) is 1. The zero-order chi connectivity index (χ0) is 17.6. The fourth-order valence-electron chi connectivity index (χ4n) is 2.80. The van der Waals surface area contributed by atoms with Crippen LogP contribution in [0.1, 0.15) is 12.8 Å². The van der Waals surface area contributed by atoms with Crippen LogP contribution in [0.4, 0.5) is 10.5 Å². The van der Waals surface area contributed by atoms with Gasteiger partial charge in [-0.2, -0.15) is 0 Å². The third-order valence-corrected chi connectivity index (χ3v) is 4.26. The quantitative estimate of drug-likeness (QED) is 0.899. The Morgan fingerprint density at radius 1 is 1.32 bits per heavy atom. The summed E-state index contributed by atoms with van der Waals surface area (Å²) >= 11 is 6.01. The molecular formula is C18H20ClN3O3. The minimum atomic E-state index is -0.191. The van der Waals surface area contributed by atoms with Gasteiger partial charge in [-0.1, -0.05) is 11.6 Å². The van der Waals surface area contributed by atoms with Crippen LogP contribution in [0.3, 0.4) is 0 Å². The van der Waals surface area contributed by atoms with E-state index in [2.05, 4.69) is 10.3 Å². The number of carbonyl (C=O) groups is 1. The Morgan fingerprint density at radius 3 is 2.88 bits per heavy atom. The first-order chi connectivity index (χ1) is 12.2. The number of amides is 2. The summed E-state index contributed by atoms with van der Waals surface area (Å²) in [5.41, 5.74) is 0.553. The molecule has 1 aromatic carbocycles. The summed E-state index contributed by atoms with van der Waals surface area (Å²) < 4.78 is 11.2. The summed E-state index contributed by atoms with van der Waals surface area (Å²) in [5.74, 6) is 1.33. The molecule has 132 valence electrons. The summed E-state index contributed by atoms with van der Waals surface area (Å²) in [5, 5.41) is 3.40. The number of likely N-dealkylation sites (tertiary alicyclic amines) is 1. The van der Waals surface area contributed by atoms with Crippen LogP contribution in [0.2, 0.25) is 5.02 Å². The van der Waals surface area contributed by atoms with Crippen molar-refractivity contribution in [1.29, 1.82) is 0 Å². The van der Waals surface area contributed by atoms with Gasteiger partial charge in [-0.05, 0) is 43.2 Å². The molecule has 0 radical (unpaired) electrons. The van der Waals surface area contributed by atoms with E-state index in [0.717, 1.165) is 18.6 Å². The van der Waals surface area contributed by atoms with Crippen LogP contribution >= 0.6 is 11.6 Å². The zero-order valence-corrected chi connectivity index (χ0v) is 14.7. The van der Waals surface area contributed by atoms with Gasteiger partial charge in [0.25, 0.3) is 0 Å². The van der Waals surface area contributed by atoms with Gasteiger partial charge in [-0.15, -0.1) is 0 Å². The Morgan fingerprint density at radius 2 is 2.12 bits per heavy atom. The lowest BCUT2D eigenvalue weighted by molar-refractivity contribution is 0.106. The van der Waals surface area contributed by atoms with Gasteiger partial charge in [0.05, 0.1) is 19.3 Å². The van der Waals surface area contributed by atoms with Gasteiger partial charge in [0.1, 0.15) is 17.6 Å². The third kappa shape index (κ3) is 4.54. The zero-order valence-electron chi connectivity index (χ0n) is 13.9. The number of urea groups is 1. The number of rotatable bonds is 4. The highest BCUT2D eigenvalue weighted by Gasteiger charge is 2.25. The summed E-state index contributed by atoms with van der Waals surface area (Å²) in [6, 6.07) is 8.56. The van der Waals surface area contributed by atoms with E-state index in [1.807, 2.05) is 12.1 Å². The first-order valence-corrected chi connectivity index (χ1v) is 8.49. The highest BCUT2D eigenvalue weighted by molar-refractivity contribution is 6.31. The second kappa shape index (κ2) is 8.07. The molecule has 1 aromatic heterocycles. The summed E-state index contributed by atoms with van der Waals surface area (Å²) in [6.45, 7) is 1.21. The number of methoxy groups -OCH3 is 1. The second-order valence-corrected chi connectivity index (χ2v) is 6.22. The van der Waals surface area contributed by atoms with E-state index in [-0.39, 0.29) is 12.1 Å². The van der Waals surface area contributed by atoms with E-state index >= 15 is 0 Å². The standard InChI is InChI=1S/C18H20ClN3O3/c1-24-17-5-4-13(19)11-16(17)21-18(23)22-10-2-3-15(12-22)25-14-6-8-20-9-7-14/h4-9,11,15H,2-3,10,12H2,1H3,(H,21,23). The fraction of sp³-hybridized carbons (Fsp3) is 0.333. The van der Waals surface area contributed by atoms with Gasteiger partial charge in [0.2, 0.25) is 0 Å². The molecular weight excluding hydrogens is 342 g/mol. The number of hydrogen-bond acceptors (Lipinski definition) is 4. The molecule has 2 heterocycles. The molecule has 1 unspecified atom stereocenters. The lowest BCUT2D eigenvalue weighted by Crippen LogP contribution is -2.46. The number of halogens is 1. The first kappa shape index (κ1) is 17.4. The number of benzene rings is 1. The molecule has 7 heteroatoms. The lowest BCUT2D eigenvalue weighted by atomic mass is 10.1. The van der Waals surface area contributed by atoms with Crippen LogP contribution in [0, 0.1) is 0 Å². The number of anilines is 1. The van der Waals surface area contributed by atoms with E-state index in [1.54, 1.807) is 42.6 Å². The van der Waals surface area contributed by atoms with Crippen LogP contribution in [0.15, 0.2) is 42.7 Å². The maximum atomic E-state index is 12.6. The Hall–Kier alpha value is -2.47. The maximum absolute atomic E-state index is 12.6. The molecule has 1 aliphatic rings. The summed E-state index contributed by atoms with van der Waals surface area (Å²) in [6.07, 6.45) is 5.13. The number of carbonyl (C=O) groups excluding carboxylic acids is 1. The van der Waals surface area contributed by atoms with Crippen LogP contribution in [-0.2, 0) is 0 Å². The molecule has 0 saturated carbocycles. The SMILES string of the molecule is COc1ccc(Cl)cc1NC(=O)N1CCCC(Oc2ccncc2)C1. The van der Waals surface area contributed by atoms with Crippen molar-refractivity contribution in [2.45, 2.75) is 18.9 Å². The molecule has 1 saturated heterocycles. The molecule has 25 heavy (non-hydrogen) atoms. The van der Waals surface area contributed by atoms with Gasteiger partial charge in [-0.25, -0.2) is 4.79 Å². The van der Waals surface area contributed by atoms with Crippen molar-refractivity contribution < 1.29 is 14.3 Å². The van der Waals surface area contributed by atoms with Crippen molar-refractivity contribution in [3.63, 3.8) is 0 Å². The van der Waals surface area contributed by atoms with E-state index in [9.17, 15) is 4.79 Å². The molecule has 1 aliphatic heterocycles. The molecule has 2 amide bonds. The maximum Gasteiger partial charge on any atom is 0.322 e. The van der Waals surface area contributed by atoms with Crippen molar-refractivity contribution >= 4 is 23.3 Å². The number of hydrogen-bond donors (Lipinski definition) is 1. The summed E-state index contributed by atoms with van der Waals surface area (Å²) in [4.78, 5) is 18.3. The first-order valence-electron chi connectivity index (χ1n) is 8.12. The van der Waals surface area contributed by atoms with Crippen LogP contribution < -0.4 is 14.8 Å². The number of pyridine rings is 1. The van der Waals surface area contributed by atoms with E-state index in [0.29, 0.717) is 29.5 Å². The monoisotopic (exact) mass is 361 g/mol. The molecule has 0 bridgehead atoms. The minimum absolute atomic E-state index is 0.0387. The fourth-order valence-corrected chi connectivity index (χ4v) is 2.97.